The van der Waals surface area contributed by atoms with E-state index in [1.54, 1.807) is 17.4 Å². The molecule has 1 aromatic heterocycles. The topological polar surface area (TPSA) is 25.4 Å². The molecule has 0 unspecified atom stereocenters. The molecule has 5 heteroatoms. The molecule has 1 aromatic carbocycles. The molecular weight excluding hydrogens is 275 g/mol. The third-order valence-electron chi connectivity index (χ3n) is 3.53. The Morgan fingerprint density at radius 2 is 1.95 bits per heavy atom. The van der Waals surface area contributed by atoms with Crippen LogP contribution in [0.2, 0.25) is 0 Å². The molecule has 1 aliphatic rings. The van der Waals surface area contributed by atoms with Gasteiger partial charge in [-0.05, 0) is 17.5 Å². The van der Waals surface area contributed by atoms with Gasteiger partial charge in [-0.25, -0.2) is 9.37 Å². The highest BCUT2D eigenvalue weighted by Crippen LogP contribution is 2.37. The van der Waals surface area contributed by atoms with E-state index in [9.17, 15) is 4.39 Å². The lowest BCUT2D eigenvalue weighted by molar-refractivity contribution is 0.122. The minimum atomic E-state index is -0.250. The van der Waals surface area contributed by atoms with Crippen LogP contribution in [0.15, 0.2) is 12.1 Å². The molecular formula is C15H19FN2OS. The zero-order chi connectivity index (χ0) is 14.3. The van der Waals surface area contributed by atoms with Crippen LogP contribution in [-0.4, -0.2) is 31.3 Å². The predicted molar refractivity (Wildman–Crippen MR) is 81.3 cm³/mol. The Kier molecular flexibility index (Phi) is 3.42. The van der Waals surface area contributed by atoms with E-state index in [2.05, 4.69) is 4.90 Å². The van der Waals surface area contributed by atoms with Crippen LogP contribution >= 0.6 is 11.3 Å². The van der Waals surface area contributed by atoms with Gasteiger partial charge in [0.1, 0.15) is 5.82 Å². The summed E-state index contributed by atoms with van der Waals surface area (Å²) in [6.45, 7) is 9.25. The Labute approximate surface area is 122 Å². The maximum atomic E-state index is 14.2. The molecule has 2 aromatic rings. The van der Waals surface area contributed by atoms with Crippen molar-refractivity contribution in [3.05, 3.63) is 23.5 Å². The summed E-state index contributed by atoms with van der Waals surface area (Å²) in [6.07, 6.45) is 0. The smallest absolute Gasteiger partial charge is 0.186 e. The van der Waals surface area contributed by atoms with Gasteiger partial charge in [-0.1, -0.05) is 32.1 Å². The molecule has 108 valence electrons. The number of halogens is 1. The molecule has 2 heterocycles. The first-order valence-electron chi connectivity index (χ1n) is 6.89. The average Bonchev–Trinajstić information content (AvgIpc) is 2.81. The highest BCUT2D eigenvalue weighted by Gasteiger charge is 2.25. The third-order valence-corrected chi connectivity index (χ3v) is 4.61. The first-order chi connectivity index (χ1) is 9.47. The maximum Gasteiger partial charge on any atom is 0.186 e. The number of thiazole rings is 1. The predicted octanol–water partition coefficient (Wildman–Crippen LogP) is 3.57. The van der Waals surface area contributed by atoms with Crippen molar-refractivity contribution in [3.8, 4) is 0 Å². The van der Waals surface area contributed by atoms with E-state index < -0.39 is 0 Å². The largest absolute Gasteiger partial charge is 0.378 e. The molecule has 0 bridgehead atoms. The average molecular weight is 294 g/mol. The maximum absolute atomic E-state index is 14.2. The van der Waals surface area contributed by atoms with Crippen LogP contribution in [0.25, 0.3) is 10.2 Å². The number of ether oxygens (including phenoxy) is 1. The first kappa shape index (κ1) is 13.8. The van der Waals surface area contributed by atoms with E-state index in [-0.39, 0.29) is 11.2 Å². The summed E-state index contributed by atoms with van der Waals surface area (Å²) in [6, 6.07) is 3.39. The van der Waals surface area contributed by atoms with Crippen molar-refractivity contribution in [1.29, 1.82) is 0 Å². The molecule has 3 nitrogen and oxygen atoms in total. The Balaban J connectivity index is 2.11. The van der Waals surface area contributed by atoms with Crippen LogP contribution in [0.3, 0.4) is 0 Å². The monoisotopic (exact) mass is 294 g/mol. The lowest BCUT2D eigenvalue weighted by Gasteiger charge is -2.26. The first-order valence-corrected chi connectivity index (χ1v) is 7.71. The van der Waals surface area contributed by atoms with Gasteiger partial charge < -0.3 is 9.64 Å². The molecule has 0 saturated carbocycles. The van der Waals surface area contributed by atoms with Crippen LogP contribution in [0, 0.1) is 5.82 Å². The van der Waals surface area contributed by atoms with Crippen molar-refractivity contribution in [3.63, 3.8) is 0 Å². The van der Waals surface area contributed by atoms with Gasteiger partial charge in [0.25, 0.3) is 0 Å². The van der Waals surface area contributed by atoms with Crippen molar-refractivity contribution in [1.82, 2.24) is 4.98 Å². The Bertz CT molecular complexity index is 627. The second kappa shape index (κ2) is 4.97. The van der Waals surface area contributed by atoms with Crippen molar-refractivity contribution >= 4 is 26.7 Å². The van der Waals surface area contributed by atoms with Gasteiger partial charge in [-0.3, -0.25) is 0 Å². The number of anilines is 1. The van der Waals surface area contributed by atoms with Gasteiger partial charge in [-0.15, -0.1) is 0 Å². The Morgan fingerprint density at radius 3 is 2.60 bits per heavy atom. The fraction of sp³-hybridized carbons (Fsp3) is 0.533. The van der Waals surface area contributed by atoms with E-state index in [0.29, 0.717) is 5.56 Å². The normalized spacial score (nSPS) is 16.9. The number of hydrogen-bond donors (Lipinski definition) is 0. The number of fused-ring (bicyclic) bond motifs is 1. The van der Waals surface area contributed by atoms with Gasteiger partial charge in [0.15, 0.2) is 5.13 Å². The molecule has 0 amide bonds. The van der Waals surface area contributed by atoms with Crippen LogP contribution in [0.5, 0.6) is 0 Å². The molecule has 0 atom stereocenters. The second-order valence-corrected chi connectivity index (χ2v) is 7.12. The van der Waals surface area contributed by atoms with E-state index >= 15 is 0 Å². The lowest BCUT2D eigenvalue weighted by atomic mass is 9.86. The summed E-state index contributed by atoms with van der Waals surface area (Å²) in [7, 11) is 0. The summed E-state index contributed by atoms with van der Waals surface area (Å²) >= 11 is 1.64. The highest BCUT2D eigenvalue weighted by molar-refractivity contribution is 7.22. The lowest BCUT2D eigenvalue weighted by Crippen LogP contribution is -2.36. The van der Waals surface area contributed by atoms with E-state index in [1.807, 2.05) is 26.8 Å². The van der Waals surface area contributed by atoms with Crippen molar-refractivity contribution in [2.24, 2.45) is 0 Å². The third kappa shape index (κ3) is 2.40. The number of morpholine rings is 1. The fourth-order valence-electron chi connectivity index (χ4n) is 2.56. The van der Waals surface area contributed by atoms with Crippen molar-refractivity contribution in [2.45, 2.75) is 26.2 Å². The van der Waals surface area contributed by atoms with E-state index in [1.165, 1.54) is 0 Å². The Morgan fingerprint density at radius 1 is 1.25 bits per heavy atom. The van der Waals surface area contributed by atoms with E-state index in [0.717, 1.165) is 41.7 Å². The van der Waals surface area contributed by atoms with Gasteiger partial charge >= 0.3 is 0 Å². The fourth-order valence-corrected chi connectivity index (χ4v) is 3.59. The van der Waals surface area contributed by atoms with Crippen LogP contribution in [0.1, 0.15) is 26.3 Å². The summed E-state index contributed by atoms with van der Waals surface area (Å²) in [5.74, 6) is -0.163. The minimum absolute atomic E-state index is 0.163. The number of hydrogen-bond acceptors (Lipinski definition) is 4. The molecule has 0 spiro atoms. The number of rotatable bonds is 1. The quantitative estimate of drug-likeness (QED) is 0.804. The summed E-state index contributed by atoms with van der Waals surface area (Å²) < 4.78 is 20.6. The minimum Gasteiger partial charge on any atom is -0.378 e. The second-order valence-electron chi connectivity index (χ2n) is 6.11. The molecule has 1 saturated heterocycles. The molecule has 1 aliphatic heterocycles. The van der Waals surface area contributed by atoms with Gasteiger partial charge in [0.2, 0.25) is 0 Å². The molecule has 1 fully saturated rings. The highest BCUT2D eigenvalue weighted by atomic mass is 32.1. The number of nitrogens with zero attached hydrogens (tertiary/aromatic N) is 2. The van der Waals surface area contributed by atoms with E-state index in [4.69, 9.17) is 9.72 Å². The van der Waals surface area contributed by atoms with Crippen LogP contribution < -0.4 is 4.90 Å². The standard InChI is InChI=1S/C15H19FN2OS/c1-15(2,3)12-10(16)4-5-11-13(12)17-14(20-11)18-6-8-19-9-7-18/h4-5H,6-9H2,1-3H3. The molecule has 0 radical (unpaired) electrons. The zero-order valence-electron chi connectivity index (χ0n) is 12.1. The van der Waals surface area contributed by atoms with Gasteiger partial charge in [-0.2, -0.15) is 0 Å². The van der Waals surface area contributed by atoms with Crippen molar-refractivity contribution in [2.75, 3.05) is 31.2 Å². The Hall–Kier alpha value is -1.20. The molecule has 0 aliphatic carbocycles. The van der Waals surface area contributed by atoms with Gasteiger partial charge in [0, 0.05) is 18.7 Å². The van der Waals surface area contributed by atoms with Crippen LogP contribution in [-0.2, 0) is 10.2 Å². The molecule has 3 rings (SSSR count). The SMILES string of the molecule is CC(C)(C)c1c(F)ccc2sc(N3CCOCC3)nc12. The van der Waals surface area contributed by atoms with Crippen LogP contribution in [0.4, 0.5) is 9.52 Å². The summed E-state index contributed by atoms with van der Waals surface area (Å²) in [5, 5.41) is 0.972. The molecule has 0 N–H and O–H groups in total. The molecule has 20 heavy (non-hydrogen) atoms. The summed E-state index contributed by atoms with van der Waals surface area (Å²) in [5.41, 5.74) is 1.27. The zero-order valence-corrected chi connectivity index (χ0v) is 12.9. The number of aromatic nitrogens is 1. The number of benzene rings is 1. The van der Waals surface area contributed by atoms with Gasteiger partial charge in [0.05, 0.1) is 23.4 Å². The summed E-state index contributed by atoms with van der Waals surface area (Å²) in [4.78, 5) is 6.93. The van der Waals surface area contributed by atoms with Crippen molar-refractivity contribution < 1.29 is 9.13 Å².